The molecule has 1 amide bonds. The van der Waals surface area contributed by atoms with Crippen LogP contribution in [0.3, 0.4) is 0 Å². The van der Waals surface area contributed by atoms with Gasteiger partial charge in [-0.3, -0.25) is 10.1 Å². The molecule has 20 heavy (non-hydrogen) atoms. The molecular formula is C14H15N3OS2. The van der Waals surface area contributed by atoms with Crippen molar-refractivity contribution in [2.24, 2.45) is 0 Å². The lowest BCUT2D eigenvalue weighted by Gasteiger charge is -2.06. The average molecular weight is 305 g/mol. The number of fused-ring (bicyclic) bond motifs is 1. The number of thioether (sulfide) groups is 1. The van der Waals surface area contributed by atoms with Gasteiger partial charge in [-0.25, -0.2) is 0 Å². The second-order valence-electron chi connectivity index (χ2n) is 4.77. The Balaban J connectivity index is 1.68. The maximum absolute atomic E-state index is 12.3. The summed E-state index contributed by atoms with van der Waals surface area (Å²) in [5, 5.41) is 12.3. The number of hydrogen-bond acceptors (Lipinski definition) is 5. The summed E-state index contributed by atoms with van der Waals surface area (Å²) < 4.78 is 0. The standard InChI is InChI=1S/C14H15N3OS2/c1-3-12-16-17-14(20-12)15-13(18)11-7-9-5-4-8(2)6-10(9)19-11/h4-6,11H,3,7H2,1-2H3,(H,15,17,18). The zero-order valence-corrected chi connectivity index (χ0v) is 13.0. The van der Waals surface area contributed by atoms with Crippen LogP contribution >= 0.6 is 23.1 Å². The molecule has 1 N–H and O–H groups in total. The minimum Gasteiger partial charge on any atom is -0.300 e. The van der Waals surface area contributed by atoms with Gasteiger partial charge < -0.3 is 0 Å². The number of rotatable bonds is 3. The molecule has 2 heterocycles. The molecular weight excluding hydrogens is 290 g/mol. The van der Waals surface area contributed by atoms with E-state index in [1.807, 2.05) is 6.92 Å². The highest BCUT2D eigenvalue weighted by Gasteiger charge is 2.28. The monoisotopic (exact) mass is 305 g/mol. The van der Waals surface area contributed by atoms with E-state index in [1.165, 1.54) is 27.4 Å². The van der Waals surface area contributed by atoms with Gasteiger partial charge in [0.05, 0.1) is 5.25 Å². The van der Waals surface area contributed by atoms with Crippen LogP contribution in [0.25, 0.3) is 0 Å². The normalized spacial score (nSPS) is 17.0. The van der Waals surface area contributed by atoms with Crippen molar-refractivity contribution in [2.45, 2.75) is 36.8 Å². The van der Waals surface area contributed by atoms with Gasteiger partial charge in [-0.15, -0.1) is 22.0 Å². The second-order valence-corrected chi connectivity index (χ2v) is 7.07. The van der Waals surface area contributed by atoms with Gasteiger partial charge in [-0.1, -0.05) is 36.0 Å². The van der Waals surface area contributed by atoms with Crippen LogP contribution in [0.4, 0.5) is 5.13 Å². The number of amides is 1. The van der Waals surface area contributed by atoms with E-state index in [0.29, 0.717) is 5.13 Å². The minimum atomic E-state index is -0.0687. The number of nitrogens with one attached hydrogen (secondary N) is 1. The molecule has 4 nitrogen and oxygen atoms in total. The molecule has 0 fully saturated rings. The van der Waals surface area contributed by atoms with E-state index in [-0.39, 0.29) is 11.2 Å². The molecule has 2 aromatic rings. The zero-order valence-electron chi connectivity index (χ0n) is 11.3. The Morgan fingerprint density at radius 3 is 3.05 bits per heavy atom. The molecule has 1 atom stereocenters. The lowest BCUT2D eigenvalue weighted by molar-refractivity contribution is -0.115. The summed E-state index contributed by atoms with van der Waals surface area (Å²) in [7, 11) is 0. The van der Waals surface area contributed by atoms with Crippen LogP contribution in [0, 0.1) is 6.92 Å². The molecule has 6 heteroatoms. The maximum atomic E-state index is 12.3. The summed E-state index contributed by atoms with van der Waals surface area (Å²) >= 11 is 3.08. The molecule has 0 radical (unpaired) electrons. The Morgan fingerprint density at radius 1 is 1.45 bits per heavy atom. The van der Waals surface area contributed by atoms with Crippen LogP contribution in [0.2, 0.25) is 0 Å². The fourth-order valence-electron chi connectivity index (χ4n) is 2.11. The Kier molecular flexibility index (Phi) is 3.76. The zero-order chi connectivity index (χ0) is 14.1. The van der Waals surface area contributed by atoms with Gasteiger partial charge in [-0.05, 0) is 31.4 Å². The first kappa shape index (κ1) is 13.6. The molecule has 3 rings (SSSR count). The molecule has 1 aromatic carbocycles. The lowest BCUT2D eigenvalue weighted by atomic mass is 10.1. The molecule has 1 aliphatic heterocycles. The Hall–Kier alpha value is -1.40. The number of anilines is 1. The molecule has 0 saturated carbocycles. The van der Waals surface area contributed by atoms with Gasteiger partial charge in [0.1, 0.15) is 5.01 Å². The molecule has 1 unspecified atom stereocenters. The fourth-order valence-corrected chi connectivity index (χ4v) is 4.09. The van der Waals surface area contributed by atoms with E-state index >= 15 is 0 Å². The Labute approximate surface area is 126 Å². The van der Waals surface area contributed by atoms with E-state index in [0.717, 1.165) is 17.8 Å². The van der Waals surface area contributed by atoms with Gasteiger partial charge in [0.2, 0.25) is 11.0 Å². The predicted molar refractivity (Wildman–Crippen MR) is 82.4 cm³/mol. The first-order valence-corrected chi connectivity index (χ1v) is 8.24. The summed E-state index contributed by atoms with van der Waals surface area (Å²) in [5.74, 6) is 0.0163. The van der Waals surface area contributed by atoms with E-state index in [1.54, 1.807) is 11.8 Å². The number of benzene rings is 1. The van der Waals surface area contributed by atoms with Crippen molar-refractivity contribution in [3.8, 4) is 0 Å². The van der Waals surface area contributed by atoms with E-state index < -0.39 is 0 Å². The summed E-state index contributed by atoms with van der Waals surface area (Å²) in [6.45, 7) is 4.10. The third-order valence-electron chi connectivity index (χ3n) is 3.19. The van der Waals surface area contributed by atoms with Crippen molar-refractivity contribution < 1.29 is 4.79 Å². The van der Waals surface area contributed by atoms with Crippen LogP contribution in [-0.2, 0) is 17.6 Å². The number of nitrogens with zero attached hydrogens (tertiary/aromatic N) is 2. The summed E-state index contributed by atoms with van der Waals surface area (Å²) in [5.41, 5.74) is 2.49. The number of carbonyl (C=O) groups excluding carboxylic acids is 1. The summed E-state index contributed by atoms with van der Waals surface area (Å²) in [6, 6.07) is 6.36. The summed E-state index contributed by atoms with van der Waals surface area (Å²) in [4.78, 5) is 13.5. The Bertz CT molecular complexity index is 654. The average Bonchev–Trinajstić information content (AvgIpc) is 3.04. The highest BCUT2D eigenvalue weighted by molar-refractivity contribution is 8.01. The minimum absolute atomic E-state index is 0.0163. The SMILES string of the molecule is CCc1nnc(NC(=O)C2Cc3ccc(C)cc3S2)s1. The first-order valence-electron chi connectivity index (χ1n) is 6.55. The molecule has 0 saturated heterocycles. The van der Waals surface area contributed by atoms with Crippen molar-refractivity contribution in [2.75, 3.05) is 5.32 Å². The third kappa shape index (κ3) is 2.71. The molecule has 104 valence electrons. The summed E-state index contributed by atoms with van der Waals surface area (Å²) in [6.07, 6.45) is 1.63. The third-order valence-corrected chi connectivity index (χ3v) is 5.47. The van der Waals surface area contributed by atoms with Crippen LogP contribution in [0.15, 0.2) is 23.1 Å². The highest BCUT2D eigenvalue weighted by Crippen LogP contribution is 2.38. The quantitative estimate of drug-likeness (QED) is 0.947. The van der Waals surface area contributed by atoms with E-state index in [9.17, 15) is 4.79 Å². The molecule has 1 aromatic heterocycles. The second kappa shape index (κ2) is 5.54. The van der Waals surface area contributed by atoms with Gasteiger partial charge in [-0.2, -0.15) is 0 Å². The van der Waals surface area contributed by atoms with E-state index in [2.05, 4.69) is 40.6 Å². The fraction of sp³-hybridized carbons (Fsp3) is 0.357. The van der Waals surface area contributed by atoms with Gasteiger partial charge in [0.25, 0.3) is 0 Å². The molecule has 0 aliphatic carbocycles. The molecule has 0 bridgehead atoms. The van der Waals surface area contributed by atoms with Crippen LogP contribution in [0.5, 0.6) is 0 Å². The van der Waals surface area contributed by atoms with Crippen LogP contribution in [-0.4, -0.2) is 21.4 Å². The number of carbonyl (C=O) groups is 1. The van der Waals surface area contributed by atoms with E-state index in [4.69, 9.17) is 0 Å². The maximum Gasteiger partial charge on any atom is 0.240 e. The van der Waals surface area contributed by atoms with Crippen molar-refractivity contribution in [1.82, 2.24) is 10.2 Å². The lowest BCUT2D eigenvalue weighted by Crippen LogP contribution is -2.24. The van der Waals surface area contributed by atoms with Crippen molar-refractivity contribution in [3.63, 3.8) is 0 Å². The van der Waals surface area contributed by atoms with Gasteiger partial charge >= 0.3 is 0 Å². The number of aryl methyl sites for hydroxylation is 2. The predicted octanol–water partition coefficient (Wildman–Crippen LogP) is 3.06. The van der Waals surface area contributed by atoms with Gasteiger partial charge in [0, 0.05) is 4.90 Å². The smallest absolute Gasteiger partial charge is 0.240 e. The Morgan fingerprint density at radius 2 is 2.30 bits per heavy atom. The largest absolute Gasteiger partial charge is 0.300 e. The van der Waals surface area contributed by atoms with Crippen LogP contribution < -0.4 is 5.32 Å². The van der Waals surface area contributed by atoms with Crippen LogP contribution in [0.1, 0.15) is 23.1 Å². The van der Waals surface area contributed by atoms with Gasteiger partial charge in [0.15, 0.2) is 0 Å². The molecule has 0 spiro atoms. The highest BCUT2D eigenvalue weighted by atomic mass is 32.2. The molecule has 1 aliphatic rings. The number of hydrogen-bond donors (Lipinski definition) is 1. The first-order chi connectivity index (χ1) is 9.65. The number of aromatic nitrogens is 2. The topological polar surface area (TPSA) is 54.9 Å². The van der Waals surface area contributed by atoms with Crippen molar-refractivity contribution in [1.29, 1.82) is 0 Å². The van der Waals surface area contributed by atoms with Crippen molar-refractivity contribution >= 4 is 34.1 Å². The van der Waals surface area contributed by atoms with Crippen molar-refractivity contribution in [3.05, 3.63) is 34.3 Å².